The molecule has 1 aliphatic heterocycles. The second-order valence-corrected chi connectivity index (χ2v) is 4.73. The fourth-order valence-electron chi connectivity index (χ4n) is 1.98. The van der Waals surface area contributed by atoms with Crippen molar-refractivity contribution in [3.8, 4) is 0 Å². The van der Waals surface area contributed by atoms with Crippen LogP contribution in [0.1, 0.15) is 33.1 Å². The lowest BCUT2D eigenvalue weighted by Crippen LogP contribution is -2.45. The standard InChI is InChI=1S/C11H22N2O2/c1-4-6-11(2,15)8-12-9-5-7-13(3)10(9)14/h9,12,15H,4-8H2,1-3H3. The predicted molar refractivity (Wildman–Crippen MR) is 59.6 cm³/mol. The molecule has 0 radical (unpaired) electrons. The summed E-state index contributed by atoms with van der Waals surface area (Å²) in [4.78, 5) is 13.3. The van der Waals surface area contributed by atoms with Gasteiger partial charge in [0.25, 0.3) is 0 Å². The van der Waals surface area contributed by atoms with Crippen LogP contribution in [-0.4, -0.2) is 47.7 Å². The zero-order valence-electron chi connectivity index (χ0n) is 9.92. The number of amides is 1. The van der Waals surface area contributed by atoms with E-state index in [1.165, 1.54) is 0 Å². The highest BCUT2D eigenvalue weighted by Crippen LogP contribution is 2.13. The van der Waals surface area contributed by atoms with Gasteiger partial charge in [-0.3, -0.25) is 4.79 Å². The van der Waals surface area contributed by atoms with E-state index in [2.05, 4.69) is 5.32 Å². The van der Waals surface area contributed by atoms with Crippen molar-refractivity contribution >= 4 is 5.91 Å². The van der Waals surface area contributed by atoms with Gasteiger partial charge in [0.05, 0.1) is 11.6 Å². The van der Waals surface area contributed by atoms with Crippen molar-refractivity contribution in [3.05, 3.63) is 0 Å². The topological polar surface area (TPSA) is 52.6 Å². The van der Waals surface area contributed by atoms with Crippen LogP contribution in [0.3, 0.4) is 0 Å². The summed E-state index contributed by atoms with van der Waals surface area (Å²) in [6.45, 7) is 5.16. The van der Waals surface area contributed by atoms with Gasteiger partial charge in [-0.15, -0.1) is 0 Å². The van der Waals surface area contributed by atoms with Crippen LogP contribution in [0.4, 0.5) is 0 Å². The molecule has 2 atom stereocenters. The van der Waals surface area contributed by atoms with Gasteiger partial charge in [0.15, 0.2) is 0 Å². The van der Waals surface area contributed by atoms with Gasteiger partial charge in [-0.25, -0.2) is 0 Å². The summed E-state index contributed by atoms with van der Waals surface area (Å²) in [7, 11) is 1.81. The molecule has 1 rings (SSSR count). The van der Waals surface area contributed by atoms with E-state index in [1.807, 2.05) is 20.9 Å². The van der Waals surface area contributed by atoms with Crippen molar-refractivity contribution in [2.45, 2.75) is 44.8 Å². The van der Waals surface area contributed by atoms with Gasteiger partial charge in [0.2, 0.25) is 5.91 Å². The number of carbonyl (C=O) groups is 1. The molecule has 0 spiro atoms. The monoisotopic (exact) mass is 214 g/mol. The fourth-order valence-corrected chi connectivity index (χ4v) is 1.98. The molecule has 15 heavy (non-hydrogen) atoms. The van der Waals surface area contributed by atoms with Crippen LogP contribution in [-0.2, 0) is 4.79 Å². The summed E-state index contributed by atoms with van der Waals surface area (Å²) in [5, 5.41) is 13.1. The first kappa shape index (κ1) is 12.5. The Morgan fingerprint density at radius 3 is 2.80 bits per heavy atom. The smallest absolute Gasteiger partial charge is 0.239 e. The van der Waals surface area contributed by atoms with Crippen molar-refractivity contribution in [1.29, 1.82) is 0 Å². The van der Waals surface area contributed by atoms with Crippen LogP contribution >= 0.6 is 0 Å². The SMILES string of the molecule is CCCC(C)(O)CNC1CCN(C)C1=O. The average molecular weight is 214 g/mol. The highest BCUT2D eigenvalue weighted by molar-refractivity contribution is 5.83. The van der Waals surface area contributed by atoms with Gasteiger partial charge in [-0.1, -0.05) is 13.3 Å². The number of hydrogen-bond donors (Lipinski definition) is 2. The fraction of sp³-hybridized carbons (Fsp3) is 0.909. The first-order chi connectivity index (χ1) is 6.96. The van der Waals surface area contributed by atoms with Gasteiger partial charge < -0.3 is 15.3 Å². The van der Waals surface area contributed by atoms with Gasteiger partial charge in [-0.2, -0.15) is 0 Å². The molecule has 0 aromatic rings. The number of carbonyl (C=O) groups excluding carboxylic acids is 1. The van der Waals surface area contributed by atoms with E-state index in [0.29, 0.717) is 6.54 Å². The zero-order valence-corrected chi connectivity index (χ0v) is 9.92. The highest BCUT2D eigenvalue weighted by atomic mass is 16.3. The maximum absolute atomic E-state index is 11.6. The van der Waals surface area contributed by atoms with E-state index in [4.69, 9.17) is 0 Å². The second-order valence-electron chi connectivity index (χ2n) is 4.73. The molecule has 2 N–H and O–H groups in total. The number of nitrogens with one attached hydrogen (secondary N) is 1. The number of likely N-dealkylation sites (tertiary alicyclic amines) is 1. The van der Waals surface area contributed by atoms with Crippen LogP contribution in [0.5, 0.6) is 0 Å². The van der Waals surface area contributed by atoms with Crippen LogP contribution in [0.2, 0.25) is 0 Å². The summed E-state index contributed by atoms with van der Waals surface area (Å²) in [6.07, 6.45) is 2.56. The quantitative estimate of drug-likeness (QED) is 0.694. The molecule has 4 heteroatoms. The third-order valence-electron chi connectivity index (χ3n) is 2.95. The second kappa shape index (κ2) is 4.94. The first-order valence-electron chi connectivity index (χ1n) is 5.67. The Balaban J connectivity index is 2.34. The molecule has 1 amide bonds. The number of nitrogens with zero attached hydrogens (tertiary/aromatic N) is 1. The molecule has 1 saturated heterocycles. The summed E-state index contributed by atoms with van der Waals surface area (Å²) in [5.41, 5.74) is -0.698. The summed E-state index contributed by atoms with van der Waals surface area (Å²) in [6, 6.07) is -0.0988. The van der Waals surface area contributed by atoms with Gasteiger partial charge in [-0.05, 0) is 19.8 Å². The van der Waals surface area contributed by atoms with Crippen LogP contribution in [0, 0.1) is 0 Å². The Bertz CT molecular complexity index is 229. The minimum Gasteiger partial charge on any atom is -0.389 e. The maximum atomic E-state index is 11.6. The largest absolute Gasteiger partial charge is 0.389 e. The molecule has 0 aromatic heterocycles. The Morgan fingerprint density at radius 1 is 1.67 bits per heavy atom. The van der Waals surface area contributed by atoms with E-state index in [1.54, 1.807) is 4.90 Å². The van der Waals surface area contributed by atoms with Gasteiger partial charge in [0, 0.05) is 20.1 Å². The van der Waals surface area contributed by atoms with Crippen molar-refractivity contribution in [2.24, 2.45) is 0 Å². The number of rotatable bonds is 5. The Morgan fingerprint density at radius 2 is 2.33 bits per heavy atom. The number of likely N-dealkylation sites (N-methyl/N-ethyl adjacent to an activating group) is 1. The Kier molecular flexibility index (Phi) is 4.11. The third-order valence-corrected chi connectivity index (χ3v) is 2.95. The summed E-state index contributed by atoms with van der Waals surface area (Å²) in [5.74, 6) is 0.141. The molecule has 1 aliphatic rings. The van der Waals surface area contributed by atoms with Crippen molar-refractivity contribution in [1.82, 2.24) is 10.2 Å². The molecule has 2 unspecified atom stereocenters. The molecular formula is C11H22N2O2. The third kappa shape index (κ3) is 3.47. The Hall–Kier alpha value is -0.610. The van der Waals surface area contributed by atoms with Gasteiger partial charge >= 0.3 is 0 Å². The van der Waals surface area contributed by atoms with Crippen LogP contribution < -0.4 is 5.32 Å². The molecule has 0 bridgehead atoms. The van der Waals surface area contributed by atoms with E-state index in [0.717, 1.165) is 25.8 Å². The van der Waals surface area contributed by atoms with Crippen LogP contribution in [0.15, 0.2) is 0 Å². The lowest BCUT2D eigenvalue weighted by atomic mass is 10.0. The highest BCUT2D eigenvalue weighted by Gasteiger charge is 2.30. The van der Waals surface area contributed by atoms with Gasteiger partial charge in [0.1, 0.15) is 0 Å². The number of aliphatic hydroxyl groups is 1. The van der Waals surface area contributed by atoms with E-state index in [9.17, 15) is 9.90 Å². The number of hydrogen-bond acceptors (Lipinski definition) is 3. The first-order valence-corrected chi connectivity index (χ1v) is 5.67. The molecule has 0 aliphatic carbocycles. The predicted octanol–water partition coefficient (Wildman–Crippen LogP) is 0.358. The molecule has 4 nitrogen and oxygen atoms in total. The maximum Gasteiger partial charge on any atom is 0.239 e. The molecule has 0 aromatic carbocycles. The zero-order chi connectivity index (χ0) is 11.5. The van der Waals surface area contributed by atoms with E-state index in [-0.39, 0.29) is 11.9 Å². The lowest BCUT2D eigenvalue weighted by Gasteiger charge is -2.24. The molecule has 1 fully saturated rings. The summed E-state index contributed by atoms with van der Waals surface area (Å²) >= 11 is 0. The molecular weight excluding hydrogens is 192 g/mol. The molecule has 0 saturated carbocycles. The summed E-state index contributed by atoms with van der Waals surface area (Å²) < 4.78 is 0. The Labute approximate surface area is 91.6 Å². The lowest BCUT2D eigenvalue weighted by molar-refractivity contribution is -0.128. The minimum absolute atomic E-state index is 0.0988. The van der Waals surface area contributed by atoms with Crippen molar-refractivity contribution in [2.75, 3.05) is 20.1 Å². The average Bonchev–Trinajstić information content (AvgIpc) is 2.45. The molecule has 1 heterocycles. The molecule has 88 valence electrons. The van der Waals surface area contributed by atoms with Crippen molar-refractivity contribution < 1.29 is 9.90 Å². The van der Waals surface area contributed by atoms with E-state index < -0.39 is 5.60 Å². The van der Waals surface area contributed by atoms with Crippen LogP contribution in [0.25, 0.3) is 0 Å². The normalized spacial score (nSPS) is 25.7. The van der Waals surface area contributed by atoms with E-state index >= 15 is 0 Å². The minimum atomic E-state index is -0.698. The van der Waals surface area contributed by atoms with Crippen molar-refractivity contribution in [3.63, 3.8) is 0 Å².